The van der Waals surface area contributed by atoms with Gasteiger partial charge in [-0.15, -0.1) is 0 Å². The maximum Gasteiger partial charge on any atom is 0.240 e. The second-order valence-corrected chi connectivity index (χ2v) is 3.00. The van der Waals surface area contributed by atoms with E-state index in [9.17, 15) is 4.79 Å². The van der Waals surface area contributed by atoms with Crippen LogP contribution in [0.1, 0.15) is 32.6 Å². The average molecular weight is 155 g/mol. The van der Waals surface area contributed by atoms with Gasteiger partial charge < -0.3 is 5.73 Å². The van der Waals surface area contributed by atoms with Crippen molar-refractivity contribution in [2.24, 2.45) is 11.7 Å². The van der Waals surface area contributed by atoms with Crippen LogP contribution >= 0.6 is 0 Å². The highest BCUT2D eigenvalue weighted by Gasteiger charge is 2.07. The molecule has 0 unspecified atom stereocenters. The summed E-state index contributed by atoms with van der Waals surface area (Å²) in [5.41, 5.74) is 4.53. The van der Waals surface area contributed by atoms with Crippen molar-refractivity contribution in [2.45, 2.75) is 32.6 Å². The van der Waals surface area contributed by atoms with E-state index < -0.39 is 5.91 Å². The maximum atomic E-state index is 9.47. The third-order valence-corrected chi connectivity index (χ3v) is 1.85. The molecule has 0 aliphatic heterocycles. The molecule has 1 rings (SSSR count). The van der Waals surface area contributed by atoms with Crippen molar-refractivity contribution < 1.29 is 4.79 Å². The van der Waals surface area contributed by atoms with Crippen LogP contribution < -0.4 is 5.73 Å². The Morgan fingerprint density at radius 2 is 1.91 bits per heavy atom. The zero-order valence-corrected chi connectivity index (χ0v) is 7.18. The van der Waals surface area contributed by atoms with Crippen LogP contribution in [0.15, 0.2) is 12.7 Å². The highest BCUT2D eigenvalue weighted by Crippen LogP contribution is 2.22. The zero-order valence-electron chi connectivity index (χ0n) is 7.18. The van der Waals surface area contributed by atoms with Crippen molar-refractivity contribution in [3.8, 4) is 0 Å². The first-order valence-electron chi connectivity index (χ1n) is 4.08. The van der Waals surface area contributed by atoms with E-state index >= 15 is 0 Å². The minimum Gasteiger partial charge on any atom is -0.366 e. The molecule has 2 N–H and O–H groups in total. The van der Waals surface area contributed by atoms with E-state index in [1.165, 1.54) is 25.7 Å². The van der Waals surface area contributed by atoms with Gasteiger partial charge in [0.2, 0.25) is 5.91 Å². The molecule has 0 saturated heterocycles. The highest BCUT2D eigenvalue weighted by atomic mass is 16.1. The molecule has 1 amide bonds. The van der Waals surface area contributed by atoms with Gasteiger partial charge in [0.15, 0.2) is 0 Å². The summed E-state index contributed by atoms with van der Waals surface area (Å²) in [4.78, 5) is 9.47. The molecular formula is C9H17NO. The van der Waals surface area contributed by atoms with Crippen molar-refractivity contribution >= 4 is 5.91 Å². The largest absolute Gasteiger partial charge is 0.366 e. The van der Waals surface area contributed by atoms with Crippen molar-refractivity contribution in [1.82, 2.24) is 0 Å². The van der Waals surface area contributed by atoms with Crippen LogP contribution in [0, 0.1) is 5.92 Å². The minimum absolute atomic E-state index is 0.481. The number of amides is 1. The van der Waals surface area contributed by atoms with Crippen LogP contribution in [0.25, 0.3) is 0 Å². The Morgan fingerprint density at radius 1 is 1.55 bits per heavy atom. The number of nitrogens with two attached hydrogens (primary N) is 1. The predicted octanol–water partition coefficient (Wildman–Crippen LogP) is 1.85. The molecule has 0 atom stereocenters. The number of hydrogen-bond donors (Lipinski definition) is 1. The van der Waals surface area contributed by atoms with Gasteiger partial charge >= 0.3 is 0 Å². The number of carbonyl (C=O) groups excluding carboxylic acids is 1. The van der Waals surface area contributed by atoms with Gasteiger partial charge in [-0.25, -0.2) is 0 Å². The molecule has 0 bridgehead atoms. The third kappa shape index (κ3) is 7.10. The molecule has 0 aromatic rings. The normalized spacial score (nSPS) is 16.8. The topological polar surface area (TPSA) is 43.1 Å². The fraction of sp³-hybridized carbons (Fsp3) is 0.667. The molecule has 0 aromatic carbocycles. The fourth-order valence-corrected chi connectivity index (χ4v) is 1.13. The fourth-order valence-electron chi connectivity index (χ4n) is 1.13. The monoisotopic (exact) mass is 155 g/mol. The van der Waals surface area contributed by atoms with Gasteiger partial charge in [-0.2, -0.15) is 0 Å². The molecule has 2 nitrogen and oxygen atoms in total. The Balaban J connectivity index is 0.000000187. The molecular weight excluding hydrogens is 138 g/mol. The number of carbonyl (C=O) groups is 1. The standard InChI is InChI=1S/C6H12.C3H5NO/c1-6-4-2-3-5-6;1-2-3(4)5/h6H,2-5H2,1H3;2H,1H2,(H2,4,5). The van der Waals surface area contributed by atoms with E-state index in [2.05, 4.69) is 19.2 Å². The van der Waals surface area contributed by atoms with E-state index in [0.29, 0.717) is 0 Å². The van der Waals surface area contributed by atoms with E-state index in [1.807, 2.05) is 0 Å². The molecule has 1 aliphatic carbocycles. The molecule has 0 spiro atoms. The smallest absolute Gasteiger partial charge is 0.240 e. The van der Waals surface area contributed by atoms with Gasteiger partial charge in [-0.05, 0) is 12.0 Å². The van der Waals surface area contributed by atoms with E-state index in [0.717, 1.165) is 12.0 Å². The molecule has 0 radical (unpaired) electrons. The summed E-state index contributed by atoms with van der Waals surface area (Å²) in [5.74, 6) is 0.565. The lowest BCUT2D eigenvalue weighted by Crippen LogP contribution is -2.04. The van der Waals surface area contributed by atoms with E-state index in [4.69, 9.17) is 0 Å². The lowest BCUT2D eigenvalue weighted by Gasteiger charge is -1.91. The van der Waals surface area contributed by atoms with Gasteiger partial charge in [0, 0.05) is 0 Å². The number of rotatable bonds is 1. The third-order valence-electron chi connectivity index (χ3n) is 1.85. The lowest BCUT2D eigenvalue weighted by atomic mass is 10.2. The Bertz CT molecular complexity index is 126. The van der Waals surface area contributed by atoms with Crippen LogP contribution in [-0.2, 0) is 4.79 Å². The van der Waals surface area contributed by atoms with Crippen LogP contribution in [0.2, 0.25) is 0 Å². The van der Waals surface area contributed by atoms with Gasteiger partial charge in [0.05, 0.1) is 0 Å². The summed E-state index contributed by atoms with van der Waals surface area (Å²) in [5, 5.41) is 0. The van der Waals surface area contributed by atoms with Crippen molar-refractivity contribution in [3.63, 3.8) is 0 Å². The van der Waals surface area contributed by atoms with Gasteiger partial charge in [0.25, 0.3) is 0 Å². The Kier molecular flexibility index (Phi) is 5.53. The summed E-state index contributed by atoms with van der Waals surface area (Å²) < 4.78 is 0. The molecule has 1 saturated carbocycles. The maximum absolute atomic E-state index is 9.47. The van der Waals surface area contributed by atoms with Crippen LogP contribution in [0.3, 0.4) is 0 Å². The first kappa shape index (κ1) is 10.2. The quantitative estimate of drug-likeness (QED) is 0.577. The molecule has 2 heteroatoms. The van der Waals surface area contributed by atoms with E-state index in [-0.39, 0.29) is 0 Å². The molecule has 1 aliphatic rings. The Hall–Kier alpha value is -0.790. The predicted molar refractivity (Wildman–Crippen MR) is 47.0 cm³/mol. The van der Waals surface area contributed by atoms with Crippen molar-refractivity contribution in [1.29, 1.82) is 0 Å². The summed E-state index contributed by atoms with van der Waals surface area (Å²) in [7, 11) is 0. The SMILES string of the molecule is C=CC(N)=O.CC1CCCC1. The summed E-state index contributed by atoms with van der Waals surface area (Å²) in [6, 6.07) is 0. The average Bonchev–Trinajstić information content (AvgIpc) is 2.41. The number of hydrogen-bond acceptors (Lipinski definition) is 1. The molecule has 0 aromatic heterocycles. The van der Waals surface area contributed by atoms with Crippen LogP contribution in [0.5, 0.6) is 0 Å². The Morgan fingerprint density at radius 3 is 2.00 bits per heavy atom. The summed E-state index contributed by atoms with van der Waals surface area (Å²) in [6.07, 6.45) is 7.00. The van der Waals surface area contributed by atoms with Gasteiger partial charge in [0.1, 0.15) is 0 Å². The molecule has 64 valence electrons. The number of primary amides is 1. The lowest BCUT2D eigenvalue weighted by molar-refractivity contribution is -0.113. The van der Waals surface area contributed by atoms with Crippen molar-refractivity contribution in [2.75, 3.05) is 0 Å². The van der Waals surface area contributed by atoms with E-state index in [1.54, 1.807) is 0 Å². The first-order chi connectivity index (χ1) is 5.16. The second kappa shape index (κ2) is 5.96. The zero-order chi connectivity index (χ0) is 8.69. The minimum atomic E-state index is -0.481. The van der Waals surface area contributed by atoms with Crippen LogP contribution in [0.4, 0.5) is 0 Å². The molecule has 11 heavy (non-hydrogen) atoms. The second-order valence-electron chi connectivity index (χ2n) is 3.00. The first-order valence-corrected chi connectivity index (χ1v) is 4.08. The summed E-state index contributed by atoms with van der Waals surface area (Å²) in [6.45, 7) is 5.43. The Labute approximate surface area is 68.5 Å². The van der Waals surface area contributed by atoms with Gasteiger partial charge in [-0.1, -0.05) is 39.2 Å². The van der Waals surface area contributed by atoms with Gasteiger partial charge in [-0.3, -0.25) is 4.79 Å². The molecule has 0 heterocycles. The van der Waals surface area contributed by atoms with Crippen molar-refractivity contribution in [3.05, 3.63) is 12.7 Å². The summed E-state index contributed by atoms with van der Waals surface area (Å²) >= 11 is 0. The highest BCUT2D eigenvalue weighted by molar-refractivity contribution is 5.84. The molecule has 1 fully saturated rings. The van der Waals surface area contributed by atoms with Crippen LogP contribution in [-0.4, -0.2) is 5.91 Å².